The van der Waals surface area contributed by atoms with Crippen molar-refractivity contribution >= 4 is 23.1 Å². The van der Waals surface area contributed by atoms with Crippen LogP contribution in [0.5, 0.6) is 0 Å². The van der Waals surface area contributed by atoms with E-state index in [1.807, 2.05) is 12.1 Å². The Morgan fingerprint density at radius 2 is 2.00 bits per heavy atom. The number of amides is 1. The Bertz CT molecular complexity index is 1390. The van der Waals surface area contributed by atoms with E-state index in [1.54, 1.807) is 19.2 Å². The Labute approximate surface area is 182 Å². The van der Waals surface area contributed by atoms with Gasteiger partial charge in [-0.3, -0.25) is 4.79 Å². The molecule has 0 bridgehead atoms. The first-order valence-electron chi connectivity index (χ1n) is 10.3. The van der Waals surface area contributed by atoms with E-state index in [-0.39, 0.29) is 12.2 Å². The molecule has 1 N–H and O–H groups in total. The molecule has 32 heavy (non-hydrogen) atoms. The molecule has 3 heterocycles. The van der Waals surface area contributed by atoms with Crippen molar-refractivity contribution in [1.82, 2.24) is 19.2 Å². The molecule has 1 aliphatic rings. The van der Waals surface area contributed by atoms with Crippen LogP contribution in [0.4, 0.5) is 15.9 Å². The number of fused-ring (bicyclic) bond motifs is 2. The Morgan fingerprint density at radius 1 is 1.19 bits per heavy atom. The van der Waals surface area contributed by atoms with E-state index in [4.69, 9.17) is 0 Å². The van der Waals surface area contributed by atoms with Gasteiger partial charge in [0.25, 0.3) is 0 Å². The minimum atomic E-state index is -0.542. The van der Waals surface area contributed by atoms with Crippen molar-refractivity contribution in [2.45, 2.75) is 26.4 Å². The molecule has 1 aliphatic heterocycles. The van der Waals surface area contributed by atoms with Crippen LogP contribution in [0.3, 0.4) is 0 Å². The standard InChI is InChI=1S/C23H21FN6O2/c1-15-6-7-19(18(24)12-15)26-20(31)14-30-23(32)29-11-9-25-21(22(29)27-30)28-10-8-16-4-2-3-5-17(16)13-28/h2-7,9,11-12H,8,10,13-14H2,1H3,(H,26,31). The number of halogens is 1. The van der Waals surface area contributed by atoms with Gasteiger partial charge in [-0.25, -0.2) is 23.3 Å². The quantitative estimate of drug-likeness (QED) is 0.536. The predicted molar refractivity (Wildman–Crippen MR) is 118 cm³/mol. The summed E-state index contributed by atoms with van der Waals surface area (Å²) in [6.07, 6.45) is 3.95. The second kappa shape index (κ2) is 7.92. The number of hydrogen-bond donors (Lipinski definition) is 1. The van der Waals surface area contributed by atoms with Gasteiger partial charge in [-0.1, -0.05) is 30.3 Å². The lowest BCUT2D eigenvalue weighted by Crippen LogP contribution is -2.31. The summed E-state index contributed by atoms with van der Waals surface area (Å²) < 4.78 is 16.5. The zero-order valence-corrected chi connectivity index (χ0v) is 17.5. The second-order valence-electron chi connectivity index (χ2n) is 7.86. The Balaban J connectivity index is 1.42. The Morgan fingerprint density at radius 3 is 2.81 bits per heavy atom. The number of carbonyl (C=O) groups excluding carboxylic acids is 1. The van der Waals surface area contributed by atoms with Crippen LogP contribution in [0, 0.1) is 12.7 Å². The molecule has 0 unspecified atom stereocenters. The third kappa shape index (κ3) is 3.62. The van der Waals surface area contributed by atoms with Crippen LogP contribution in [0.15, 0.2) is 59.7 Å². The number of carbonyl (C=O) groups is 1. The van der Waals surface area contributed by atoms with Crippen LogP contribution in [-0.2, 0) is 24.3 Å². The van der Waals surface area contributed by atoms with Gasteiger partial charge in [-0.15, -0.1) is 5.10 Å². The summed E-state index contributed by atoms with van der Waals surface area (Å²) in [4.78, 5) is 31.8. The molecule has 0 saturated carbocycles. The average Bonchev–Trinajstić information content (AvgIpc) is 3.10. The SMILES string of the molecule is Cc1ccc(NC(=O)Cn2nc3c(N4CCc5ccccc5C4)nccn3c2=O)c(F)c1. The third-order valence-corrected chi connectivity index (χ3v) is 5.61. The van der Waals surface area contributed by atoms with E-state index in [9.17, 15) is 14.0 Å². The van der Waals surface area contributed by atoms with E-state index in [2.05, 4.69) is 32.4 Å². The van der Waals surface area contributed by atoms with Gasteiger partial charge in [0.2, 0.25) is 11.6 Å². The molecule has 162 valence electrons. The summed E-state index contributed by atoms with van der Waals surface area (Å²) in [5, 5.41) is 6.87. The lowest BCUT2D eigenvalue weighted by Gasteiger charge is -2.29. The fraction of sp³-hybridized carbons (Fsp3) is 0.217. The molecule has 2 aromatic carbocycles. The number of aromatic nitrogens is 4. The highest BCUT2D eigenvalue weighted by Crippen LogP contribution is 2.24. The van der Waals surface area contributed by atoms with Crippen molar-refractivity contribution in [2.24, 2.45) is 0 Å². The van der Waals surface area contributed by atoms with Crippen molar-refractivity contribution in [1.29, 1.82) is 0 Å². The molecule has 9 heteroatoms. The van der Waals surface area contributed by atoms with Crippen molar-refractivity contribution in [3.05, 3.63) is 87.9 Å². The first kappa shape index (κ1) is 19.9. The fourth-order valence-electron chi connectivity index (χ4n) is 3.99. The van der Waals surface area contributed by atoms with Crippen LogP contribution in [0.2, 0.25) is 0 Å². The molecular formula is C23H21FN6O2. The Hall–Kier alpha value is -4.01. The molecule has 5 rings (SSSR count). The third-order valence-electron chi connectivity index (χ3n) is 5.61. The normalized spacial score (nSPS) is 13.2. The average molecular weight is 432 g/mol. The first-order valence-corrected chi connectivity index (χ1v) is 10.3. The molecule has 8 nitrogen and oxygen atoms in total. The molecule has 0 radical (unpaired) electrons. The number of rotatable bonds is 4. The van der Waals surface area contributed by atoms with Gasteiger partial charge in [-0.2, -0.15) is 0 Å². The maximum atomic E-state index is 14.0. The summed E-state index contributed by atoms with van der Waals surface area (Å²) in [5.41, 5.74) is 3.25. The highest BCUT2D eigenvalue weighted by Gasteiger charge is 2.22. The smallest absolute Gasteiger partial charge is 0.349 e. The fourth-order valence-corrected chi connectivity index (χ4v) is 3.99. The van der Waals surface area contributed by atoms with Crippen molar-refractivity contribution < 1.29 is 9.18 Å². The molecule has 0 fully saturated rings. The Kier molecular flexibility index (Phi) is 4.93. The van der Waals surface area contributed by atoms with E-state index in [1.165, 1.54) is 33.9 Å². The minimum Gasteiger partial charge on any atom is -0.349 e. The lowest BCUT2D eigenvalue weighted by molar-refractivity contribution is -0.117. The van der Waals surface area contributed by atoms with Gasteiger partial charge < -0.3 is 10.2 Å². The number of nitrogens with one attached hydrogen (secondary N) is 1. The van der Waals surface area contributed by atoms with Crippen LogP contribution >= 0.6 is 0 Å². The van der Waals surface area contributed by atoms with Crippen LogP contribution in [0.1, 0.15) is 16.7 Å². The number of anilines is 2. The summed E-state index contributed by atoms with van der Waals surface area (Å²) in [5.74, 6) is -0.486. The number of aryl methyl sites for hydroxylation is 1. The van der Waals surface area contributed by atoms with E-state index >= 15 is 0 Å². The van der Waals surface area contributed by atoms with Gasteiger partial charge in [0, 0.05) is 25.5 Å². The predicted octanol–water partition coefficient (Wildman–Crippen LogP) is 2.54. The van der Waals surface area contributed by atoms with Gasteiger partial charge in [0.05, 0.1) is 5.69 Å². The zero-order valence-electron chi connectivity index (χ0n) is 17.5. The molecule has 0 spiro atoms. The second-order valence-corrected chi connectivity index (χ2v) is 7.86. The highest BCUT2D eigenvalue weighted by atomic mass is 19.1. The summed E-state index contributed by atoms with van der Waals surface area (Å²) in [6, 6.07) is 12.8. The van der Waals surface area contributed by atoms with Crippen LogP contribution in [0.25, 0.3) is 5.65 Å². The highest BCUT2D eigenvalue weighted by molar-refractivity contribution is 5.90. The number of hydrogen-bond acceptors (Lipinski definition) is 5. The molecule has 0 atom stereocenters. The van der Waals surface area contributed by atoms with Gasteiger partial charge in [-0.05, 0) is 42.2 Å². The molecule has 2 aromatic heterocycles. The largest absolute Gasteiger partial charge is 0.350 e. The minimum absolute atomic E-state index is 0.0618. The zero-order chi connectivity index (χ0) is 22.2. The lowest BCUT2D eigenvalue weighted by atomic mass is 10.00. The van der Waals surface area contributed by atoms with E-state index in [0.29, 0.717) is 18.0 Å². The monoisotopic (exact) mass is 432 g/mol. The summed E-state index contributed by atoms with van der Waals surface area (Å²) in [7, 11) is 0. The summed E-state index contributed by atoms with van der Waals surface area (Å²) in [6.45, 7) is 2.84. The summed E-state index contributed by atoms with van der Waals surface area (Å²) >= 11 is 0. The first-order chi connectivity index (χ1) is 15.5. The van der Waals surface area contributed by atoms with E-state index < -0.39 is 17.4 Å². The van der Waals surface area contributed by atoms with Crippen molar-refractivity contribution in [2.75, 3.05) is 16.8 Å². The number of benzene rings is 2. The topological polar surface area (TPSA) is 84.5 Å². The van der Waals surface area contributed by atoms with Crippen molar-refractivity contribution in [3.63, 3.8) is 0 Å². The van der Waals surface area contributed by atoms with Crippen molar-refractivity contribution in [3.8, 4) is 0 Å². The molecule has 4 aromatic rings. The molecular weight excluding hydrogens is 411 g/mol. The maximum absolute atomic E-state index is 14.0. The number of nitrogens with zero attached hydrogens (tertiary/aromatic N) is 5. The molecule has 0 saturated heterocycles. The maximum Gasteiger partial charge on any atom is 0.350 e. The van der Waals surface area contributed by atoms with Gasteiger partial charge in [0.15, 0.2) is 5.82 Å². The van der Waals surface area contributed by atoms with Gasteiger partial charge in [0.1, 0.15) is 12.4 Å². The van der Waals surface area contributed by atoms with E-state index in [0.717, 1.165) is 23.2 Å². The van der Waals surface area contributed by atoms with Gasteiger partial charge >= 0.3 is 5.69 Å². The molecule has 0 aliphatic carbocycles. The molecule has 1 amide bonds. The van der Waals surface area contributed by atoms with Crippen LogP contribution in [-0.4, -0.2) is 31.6 Å². The van der Waals surface area contributed by atoms with Crippen LogP contribution < -0.4 is 15.9 Å².